The number of esters is 1. The van der Waals surface area contributed by atoms with E-state index >= 15 is 0 Å². The summed E-state index contributed by atoms with van der Waals surface area (Å²) in [5.41, 5.74) is 2.79. The molecule has 2 aromatic heterocycles. The maximum absolute atomic E-state index is 11.8. The Morgan fingerprint density at radius 2 is 2.05 bits per heavy atom. The second-order valence-corrected chi connectivity index (χ2v) is 11.8. The van der Waals surface area contributed by atoms with Gasteiger partial charge in [-0.15, -0.1) is 0 Å². The number of aromatic amines is 1. The molecule has 0 bridgehead atoms. The van der Waals surface area contributed by atoms with Crippen molar-refractivity contribution in [3.63, 3.8) is 0 Å². The van der Waals surface area contributed by atoms with Crippen molar-refractivity contribution in [1.82, 2.24) is 4.98 Å². The molecule has 2 heterocycles. The van der Waals surface area contributed by atoms with Gasteiger partial charge in [0, 0.05) is 11.6 Å². The van der Waals surface area contributed by atoms with Gasteiger partial charge < -0.3 is 18.6 Å². The highest BCUT2D eigenvalue weighted by atomic mass is 28.4. The van der Waals surface area contributed by atoms with Gasteiger partial charge in [-0.25, -0.2) is 4.79 Å². The first-order valence-corrected chi connectivity index (χ1v) is 10.5. The summed E-state index contributed by atoms with van der Waals surface area (Å²) in [6.07, 6.45) is 1.68. The highest BCUT2D eigenvalue weighted by molar-refractivity contribution is 6.74. The van der Waals surface area contributed by atoms with Crippen molar-refractivity contribution < 1.29 is 18.4 Å². The average Bonchev–Trinajstić information content (AvgIpc) is 2.95. The Hall–Kier alpha value is -1.53. The van der Waals surface area contributed by atoms with Gasteiger partial charge in [-0.3, -0.25) is 0 Å². The van der Waals surface area contributed by atoms with Gasteiger partial charge >= 0.3 is 5.97 Å². The summed E-state index contributed by atoms with van der Waals surface area (Å²) in [6.45, 7) is 13.6. The molecule has 2 aromatic rings. The molecule has 6 heteroatoms. The molecule has 122 valence electrons. The van der Waals surface area contributed by atoms with Gasteiger partial charge in [0.15, 0.2) is 13.9 Å². The number of ether oxygens (including phenoxy) is 1. The fourth-order valence-corrected chi connectivity index (χ4v) is 2.81. The summed E-state index contributed by atoms with van der Waals surface area (Å²) in [5.74, 6) is -0.370. The lowest BCUT2D eigenvalue weighted by Gasteiger charge is -2.36. The minimum Gasteiger partial charge on any atom is -0.462 e. The van der Waals surface area contributed by atoms with E-state index in [0.717, 1.165) is 11.1 Å². The van der Waals surface area contributed by atoms with Crippen LogP contribution in [0.15, 0.2) is 16.7 Å². The number of furan rings is 1. The number of rotatable bonds is 5. The van der Waals surface area contributed by atoms with Gasteiger partial charge in [-0.05, 0) is 25.1 Å². The zero-order valence-electron chi connectivity index (χ0n) is 14.2. The van der Waals surface area contributed by atoms with Crippen molar-refractivity contribution in [3.8, 4) is 0 Å². The van der Waals surface area contributed by atoms with Gasteiger partial charge in [-0.2, -0.15) is 0 Å². The average molecular weight is 323 g/mol. The maximum Gasteiger partial charge on any atom is 0.354 e. The minimum absolute atomic E-state index is 0.154. The van der Waals surface area contributed by atoms with Crippen molar-refractivity contribution >= 4 is 25.4 Å². The van der Waals surface area contributed by atoms with Gasteiger partial charge in [-0.1, -0.05) is 20.8 Å². The van der Waals surface area contributed by atoms with Gasteiger partial charge in [0.25, 0.3) is 0 Å². The molecular formula is C16H25NO4Si. The van der Waals surface area contributed by atoms with Gasteiger partial charge in [0.2, 0.25) is 0 Å². The normalized spacial score (nSPS) is 12.8. The van der Waals surface area contributed by atoms with E-state index in [-0.39, 0.29) is 11.0 Å². The Morgan fingerprint density at radius 1 is 1.36 bits per heavy atom. The summed E-state index contributed by atoms with van der Waals surface area (Å²) in [6, 6.07) is 1.67. The van der Waals surface area contributed by atoms with Crippen molar-refractivity contribution in [2.24, 2.45) is 0 Å². The highest BCUT2D eigenvalue weighted by Crippen LogP contribution is 2.37. The number of hydrogen-bond donors (Lipinski definition) is 1. The number of H-pyrrole nitrogens is 1. The summed E-state index contributed by atoms with van der Waals surface area (Å²) >= 11 is 0. The first-order valence-electron chi connectivity index (χ1n) is 7.56. The molecule has 0 fully saturated rings. The smallest absolute Gasteiger partial charge is 0.354 e. The summed E-state index contributed by atoms with van der Waals surface area (Å²) in [7, 11) is -1.82. The lowest BCUT2D eigenvalue weighted by Crippen LogP contribution is -2.40. The van der Waals surface area contributed by atoms with Crippen LogP contribution in [-0.2, 0) is 15.8 Å². The predicted molar refractivity (Wildman–Crippen MR) is 88.5 cm³/mol. The molecule has 0 aliphatic carbocycles. The third kappa shape index (κ3) is 3.28. The molecule has 0 aliphatic heterocycles. The van der Waals surface area contributed by atoms with E-state index in [2.05, 4.69) is 38.8 Å². The van der Waals surface area contributed by atoms with Crippen LogP contribution in [0.5, 0.6) is 0 Å². The molecule has 0 radical (unpaired) electrons. The number of fused-ring (bicyclic) bond motifs is 1. The molecule has 0 spiro atoms. The van der Waals surface area contributed by atoms with E-state index in [1.54, 1.807) is 19.3 Å². The van der Waals surface area contributed by atoms with Crippen LogP contribution >= 0.6 is 0 Å². The summed E-state index contributed by atoms with van der Waals surface area (Å²) in [5, 5.41) is 0.154. The largest absolute Gasteiger partial charge is 0.462 e. The van der Waals surface area contributed by atoms with Crippen LogP contribution in [0.2, 0.25) is 18.1 Å². The summed E-state index contributed by atoms with van der Waals surface area (Å²) < 4.78 is 16.7. The molecular weight excluding hydrogens is 298 g/mol. The molecule has 1 N–H and O–H groups in total. The van der Waals surface area contributed by atoms with E-state index in [1.165, 1.54) is 0 Å². The van der Waals surface area contributed by atoms with E-state index in [0.29, 0.717) is 24.5 Å². The van der Waals surface area contributed by atoms with E-state index in [1.807, 2.05) is 0 Å². The number of carbonyl (C=O) groups excluding carboxylic acids is 1. The standard InChI is InChI=1S/C16H25NO4Si/c1-7-19-15(18)12-8-13-14(17-12)11(9-20-13)10-21-22(5,6)16(2,3)4/h8-9,17H,7,10H2,1-6H3. The van der Waals surface area contributed by atoms with Crippen LogP contribution in [-0.4, -0.2) is 25.9 Å². The molecule has 0 unspecified atom stereocenters. The minimum atomic E-state index is -1.82. The second kappa shape index (κ2) is 5.93. The van der Waals surface area contributed by atoms with Gasteiger partial charge in [0.1, 0.15) is 5.69 Å². The molecule has 0 aliphatic rings. The van der Waals surface area contributed by atoms with Crippen molar-refractivity contribution in [2.75, 3.05) is 6.61 Å². The van der Waals surface area contributed by atoms with Crippen molar-refractivity contribution in [1.29, 1.82) is 0 Å². The molecule has 0 saturated carbocycles. The third-order valence-electron chi connectivity index (χ3n) is 4.32. The number of nitrogens with one attached hydrogen (secondary N) is 1. The van der Waals surface area contributed by atoms with Crippen LogP contribution < -0.4 is 0 Å². The second-order valence-electron chi connectivity index (χ2n) is 6.95. The predicted octanol–water partition coefficient (Wildman–Crippen LogP) is 4.46. The van der Waals surface area contributed by atoms with Crippen LogP contribution in [0, 0.1) is 0 Å². The van der Waals surface area contributed by atoms with E-state index in [4.69, 9.17) is 13.6 Å². The Kier molecular flexibility index (Phi) is 4.53. The van der Waals surface area contributed by atoms with Crippen LogP contribution in [0.4, 0.5) is 0 Å². The SMILES string of the molecule is CCOC(=O)c1cc2occ(CO[Si](C)(C)C(C)(C)C)c2[nH]1. The molecule has 0 atom stereocenters. The maximum atomic E-state index is 11.8. The molecule has 0 aromatic carbocycles. The Balaban J connectivity index is 2.17. The molecule has 2 rings (SSSR count). The van der Waals surface area contributed by atoms with Gasteiger partial charge in [0.05, 0.1) is 25.0 Å². The highest BCUT2D eigenvalue weighted by Gasteiger charge is 2.37. The Labute approximate surface area is 132 Å². The molecule has 5 nitrogen and oxygen atoms in total. The lowest BCUT2D eigenvalue weighted by molar-refractivity contribution is 0.0520. The molecule has 0 saturated heterocycles. The quantitative estimate of drug-likeness (QED) is 0.652. The number of carbonyl (C=O) groups is 1. The summed E-state index contributed by atoms with van der Waals surface area (Å²) in [4.78, 5) is 14.8. The third-order valence-corrected chi connectivity index (χ3v) is 8.80. The first kappa shape index (κ1) is 16.8. The van der Waals surface area contributed by atoms with Crippen molar-refractivity contribution in [3.05, 3.63) is 23.6 Å². The Morgan fingerprint density at radius 3 is 2.64 bits per heavy atom. The monoisotopic (exact) mass is 323 g/mol. The fourth-order valence-electron chi connectivity index (χ4n) is 1.86. The zero-order chi connectivity index (χ0) is 16.5. The van der Waals surface area contributed by atoms with Crippen molar-refractivity contribution in [2.45, 2.75) is 52.4 Å². The molecule has 22 heavy (non-hydrogen) atoms. The number of aromatic nitrogens is 1. The lowest BCUT2D eigenvalue weighted by atomic mass is 10.2. The van der Waals surface area contributed by atoms with Crippen LogP contribution in [0.3, 0.4) is 0 Å². The zero-order valence-corrected chi connectivity index (χ0v) is 15.2. The first-order chi connectivity index (χ1) is 10.2. The number of hydrogen-bond acceptors (Lipinski definition) is 4. The van der Waals surface area contributed by atoms with E-state index < -0.39 is 8.32 Å². The molecule has 0 amide bonds. The van der Waals surface area contributed by atoms with E-state index in [9.17, 15) is 4.79 Å². The van der Waals surface area contributed by atoms with Crippen LogP contribution in [0.25, 0.3) is 11.1 Å². The Bertz CT molecular complexity index is 663. The fraction of sp³-hybridized carbons (Fsp3) is 0.562. The van der Waals surface area contributed by atoms with Crippen LogP contribution in [0.1, 0.15) is 43.7 Å². The topological polar surface area (TPSA) is 64.5 Å².